The molecule has 5 aromatic carbocycles. The lowest BCUT2D eigenvalue weighted by molar-refractivity contribution is -0.116. The highest BCUT2D eigenvalue weighted by Gasteiger charge is 2.23. The first kappa shape index (κ1) is 34.1. The van der Waals surface area contributed by atoms with E-state index in [0.29, 0.717) is 42.6 Å². The Morgan fingerprint density at radius 3 is 1.96 bits per heavy atom. The summed E-state index contributed by atoms with van der Waals surface area (Å²) in [6.07, 6.45) is 1.43. The molecule has 0 aromatic heterocycles. The Bertz CT molecular complexity index is 1920. The number of hydrogen-bond acceptors (Lipinski definition) is 4. The summed E-state index contributed by atoms with van der Waals surface area (Å²) in [5.41, 5.74) is 2.33. The highest BCUT2D eigenvalue weighted by molar-refractivity contribution is 8.00. The molecular weight excluding hydrogens is 696 g/mol. The maximum Gasteiger partial charge on any atom is 0.272 e. The average molecular weight is 721 g/mol. The van der Waals surface area contributed by atoms with Crippen molar-refractivity contribution in [1.82, 2.24) is 5.32 Å². The van der Waals surface area contributed by atoms with Gasteiger partial charge in [-0.1, -0.05) is 101 Å². The molecule has 3 amide bonds. The molecule has 5 rings (SSSR count). The zero-order valence-corrected chi connectivity index (χ0v) is 28.2. The molecule has 6 nitrogen and oxygen atoms in total. The zero-order valence-electron chi connectivity index (χ0n) is 24.3. The standard InChI is InChI=1S/C36H25Cl4N3O3S/c37-24-14-19-30(40)31(20-24)42-36(46)33(22-8-3-1-4-9-22)47-26-17-15-25(16-18-26)41-35(45)32(21-27-28(38)12-7-13-29(27)39)43-34(44)23-10-5-2-6-11-23/h1-21,33H,(H,41,45)(H,42,46)(H,43,44)/b32-21-. The summed E-state index contributed by atoms with van der Waals surface area (Å²) in [5, 5.41) is 9.18. The number of nitrogens with one attached hydrogen (secondary N) is 3. The van der Waals surface area contributed by atoms with Crippen LogP contribution in [0, 0.1) is 0 Å². The van der Waals surface area contributed by atoms with Crippen LogP contribution in [0.25, 0.3) is 6.08 Å². The molecule has 236 valence electrons. The van der Waals surface area contributed by atoms with Crippen molar-refractivity contribution in [3.8, 4) is 0 Å². The summed E-state index contributed by atoms with van der Waals surface area (Å²) < 4.78 is 0. The Labute approximate surface area is 296 Å². The van der Waals surface area contributed by atoms with Crippen LogP contribution >= 0.6 is 58.2 Å². The van der Waals surface area contributed by atoms with Crippen LogP contribution in [0.5, 0.6) is 0 Å². The molecule has 0 aliphatic carbocycles. The second kappa shape index (κ2) is 16.0. The van der Waals surface area contributed by atoms with Crippen molar-refractivity contribution < 1.29 is 14.4 Å². The summed E-state index contributed by atoms with van der Waals surface area (Å²) in [6.45, 7) is 0. The molecule has 1 unspecified atom stereocenters. The third-order valence-corrected chi connectivity index (χ3v) is 9.20. The number of amides is 3. The summed E-state index contributed by atoms with van der Waals surface area (Å²) in [6, 6.07) is 34.6. The number of carbonyl (C=O) groups excluding carboxylic acids is 3. The van der Waals surface area contributed by atoms with E-state index in [1.807, 2.05) is 30.3 Å². The Balaban J connectivity index is 1.35. The van der Waals surface area contributed by atoms with Crippen LogP contribution in [0.2, 0.25) is 20.1 Å². The molecule has 5 aromatic rings. The third-order valence-electron chi connectivity index (χ3n) is 6.71. The molecule has 0 radical (unpaired) electrons. The van der Waals surface area contributed by atoms with E-state index in [9.17, 15) is 14.4 Å². The van der Waals surface area contributed by atoms with Crippen molar-refractivity contribution in [2.75, 3.05) is 10.6 Å². The SMILES string of the molecule is O=C(Nc1ccc(SC(C(=O)Nc2cc(Cl)ccc2Cl)c2ccccc2)cc1)/C(=C/c1c(Cl)cccc1Cl)NC(=O)c1ccccc1. The average Bonchev–Trinajstić information content (AvgIpc) is 3.07. The summed E-state index contributed by atoms with van der Waals surface area (Å²) in [7, 11) is 0. The molecule has 0 aliphatic heterocycles. The van der Waals surface area contributed by atoms with Crippen LogP contribution in [-0.4, -0.2) is 17.7 Å². The van der Waals surface area contributed by atoms with Gasteiger partial charge in [-0.3, -0.25) is 14.4 Å². The molecule has 1 atom stereocenters. The van der Waals surface area contributed by atoms with E-state index in [0.717, 1.165) is 10.5 Å². The van der Waals surface area contributed by atoms with Gasteiger partial charge in [0.05, 0.1) is 10.7 Å². The first-order valence-electron chi connectivity index (χ1n) is 14.1. The van der Waals surface area contributed by atoms with Gasteiger partial charge in [-0.15, -0.1) is 11.8 Å². The van der Waals surface area contributed by atoms with Gasteiger partial charge >= 0.3 is 0 Å². The molecule has 0 spiro atoms. The van der Waals surface area contributed by atoms with Crippen LogP contribution in [0.1, 0.15) is 26.7 Å². The maximum atomic E-state index is 13.5. The first-order chi connectivity index (χ1) is 22.7. The van der Waals surface area contributed by atoms with Crippen molar-refractivity contribution in [3.05, 3.63) is 164 Å². The fraction of sp³-hybridized carbons (Fsp3) is 0.0278. The van der Waals surface area contributed by atoms with Gasteiger partial charge in [-0.25, -0.2) is 0 Å². The second-order valence-corrected chi connectivity index (χ2v) is 12.9. The lowest BCUT2D eigenvalue weighted by Gasteiger charge is -2.18. The monoisotopic (exact) mass is 719 g/mol. The number of halogens is 4. The molecule has 0 bridgehead atoms. The number of carbonyl (C=O) groups is 3. The van der Waals surface area contributed by atoms with Gasteiger partial charge in [0.15, 0.2) is 0 Å². The van der Waals surface area contributed by atoms with Crippen molar-refractivity contribution in [2.24, 2.45) is 0 Å². The number of benzene rings is 5. The fourth-order valence-corrected chi connectivity index (χ4v) is 6.25. The number of thioether (sulfide) groups is 1. The number of rotatable bonds is 10. The normalized spacial score (nSPS) is 11.8. The van der Waals surface area contributed by atoms with Crippen LogP contribution in [0.15, 0.2) is 132 Å². The van der Waals surface area contributed by atoms with E-state index in [-0.39, 0.29) is 11.6 Å². The zero-order chi connectivity index (χ0) is 33.3. The Morgan fingerprint density at radius 2 is 1.30 bits per heavy atom. The predicted octanol–water partition coefficient (Wildman–Crippen LogP) is 10.2. The van der Waals surface area contributed by atoms with Gasteiger partial charge in [0.2, 0.25) is 5.91 Å². The topological polar surface area (TPSA) is 87.3 Å². The Hall–Kier alpha value is -4.24. The summed E-state index contributed by atoms with van der Waals surface area (Å²) in [5.74, 6) is -1.36. The van der Waals surface area contributed by atoms with Crippen molar-refractivity contribution in [1.29, 1.82) is 0 Å². The van der Waals surface area contributed by atoms with Crippen LogP contribution in [0.3, 0.4) is 0 Å². The molecule has 47 heavy (non-hydrogen) atoms. The fourth-order valence-electron chi connectivity index (χ4n) is 4.38. The van der Waals surface area contributed by atoms with Gasteiger partial charge < -0.3 is 16.0 Å². The summed E-state index contributed by atoms with van der Waals surface area (Å²) >= 11 is 26.5. The molecule has 0 fully saturated rings. The Morgan fingerprint density at radius 1 is 0.660 bits per heavy atom. The van der Waals surface area contributed by atoms with Crippen LogP contribution < -0.4 is 16.0 Å². The van der Waals surface area contributed by atoms with Crippen molar-refractivity contribution in [2.45, 2.75) is 10.1 Å². The quantitative estimate of drug-likeness (QED) is 0.0990. The highest BCUT2D eigenvalue weighted by atomic mass is 35.5. The van der Waals surface area contributed by atoms with Gasteiger partial charge in [0.25, 0.3) is 11.8 Å². The van der Waals surface area contributed by atoms with Gasteiger partial charge in [-0.2, -0.15) is 0 Å². The molecule has 3 N–H and O–H groups in total. The maximum absolute atomic E-state index is 13.5. The molecule has 0 heterocycles. The number of anilines is 2. The lowest BCUT2D eigenvalue weighted by Crippen LogP contribution is -2.30. The van der Waals surface area contributed by atoms with Crippen molar-refractivity contribution in [3.63, 3.8) is 0 Å². The van der Waals surface area contributed by atoms with E-state index < -0.39 is 17.1 Å². The molecular formula is C36H25Cl4N3O3S. The van der Waals surface area contributed by atoms with Crippen molar-refractivity contribution >= 4 is 93.3 Å². The minimum Gasteiger partial charge on any atom is -0.323 e. The largest absolute Gasteiger partial charge is 0.323 e. The van der Waals surface area contributed by atoms with Gasteiger partial charge in [-0.05, 0) is 78.4 Å². The van der Waals surface area contributed by atoms with E-state index in [1.54, 1.807) is 91.0 Å². The van der Waals surface area contributed by atoms with E-state index in [4.69, 9.17) is 46.4 Å². The molecule has 0 saturated carbocycles. The first-order valence-corrected chi connectivity index (χ1v) is 16.5. The molecule has 0 saturated heterocycles. The minimum absolute atomic E-state index is 0.0622. The van der Waals surface area contributed by atoms with Gasteiger partial charge in [0, 0.05) is 36.8 Å². The lowest BCUT2D eigenvalue weighted by atomic mass is 10.1. The Kier molecular flexibility index (Phi) is 11.6. The third kappa shape index (κ3) is 9.19. The molecule has 0 aliphatic rings. The number of hydrogen-bond donors (Lipinski definition) is 3. The van der Waals surface area contributed by atoms with E-state index >= 15 is 0 Å². The van der Waals surface area contributed by atoms with Crippen LogP contribution in [-0.2, 0) is 9.59 Å². The molecule has 11 heteroatoms. The minimum atomic E-state index is -0.630. The summed E-state index contributed by atoms with van der Waals surface area (Å²) in [4.78, 5) is 40.8. The van der Waals surface area contributed by atoms with E-state index in [2.05, 4.69) is 16.0 Å². The van der Waals surface area contributed by atoms with Crippen LogP contribution in [0.4, 0.5) is 11.4 Å². The van der Waals surface area contributed by atoms with E-state index in [1.165, 1.54) is 17.8 Å². The van der Waals surface area contributed by atoms with Gasteiger partial charge in [0.1, 0.15) is 10.9 Å². The second-order valence-electron chi connectivity index (χ2n) is 10.0. The predicted molar refractivity (Wildman–Crippen MR) is 194 cm³/mol. The highest BCUT2D eigenvalue weighted by Crippen LogP contribution is 2.38. The smallest absolute Gasteiger partial charge is 0.272 e.